The molecule has 7 nitrogen and oxygen atoms in total. The SMILES string of the molecule is Bc1ccc(-c2[nH]c([C@@H]3CCCN3C(=O)OC(C)(C)C)nc2C(=O)OCC)cc1. The highest BCUT2D eigenvalue weighted by Crippen LogP contribution is 2.34. The maximum atomic E-state index is 12.7. The van der Waals surface area contributed by atoms with Gasteiger partial charge in [0.15, 0.2) is 5.69 Å². The monoisotopic (exact) mass is 397 g/mol. The number of ether oxygens (including phenoxy) is 2. The minimum absolute atomic E-state index is 0.238. The highest BCUT2D eigenvalue weighted by molar-refractivity contribution is 6.32. The van der Waals surface area contributed by atoms with Gasteiger partial charge in [0, 0.05) is 12.1 Å². The summed E-state index contributed by atoms with van der Waals surface area (Å²) in [6.45, 7) is 8.15. The van der Waals surface area contributed by atoms with Crippen molar-refractivity contribution in [2.75, 3.05) is 13.2 Å². The molecule has 0 spiro atoms. The molecule has 0 radical (unpaired) electrons. The number of amides is 1. The molecule has 1 aromatic carbocycles. The van der Waals surface area contributed by atoms with E-state index in [9.17, 15) is 9.59 Å². The second-order valence-corrected chi connectivity index (χ2v) is 8.26. The van der Waals surface area contributed by atoms with Gasteiger partial charge in [-0.15, -0.1) is 0 Å². The number of H-pyrrole nitrogens is 1. The zero-order valence-corrected chi connectivity index (χ0v) is 17.7. The molecular weight excluding hydrogens is 369 g/mol. The highest BCUT2D eigenvalue weighted by atomic mass is 16.6. The Labute approximate surface area is 172 Å². The van der Waals surface area contributed by atoms with Crippen LogP contribution < -0.4 is 5.46 Å². The van der Waals surface area contributed by atoms with Crippen LogP contribution in [0.1, 0.15) is 62.9 Å². The molecule has 3 rings (SSSR count). The van der Waals surface area contributed by atoms with Crippen LogP contribution in [0.2, 0.25) is 0 Å². The Kier molecular flexibility index (Phi) is 6.00. The van der Waals surface area contributed by atoms with Crippen LogP contribution in [-0.4, -0.2) is 53.5 Å². The summed E-state index contributed by atoms with van der Waals surface area (Å²) >= 11 is 0. The summed E-state index contributed by atoms with van der Waals surface area (Å²) in [5.74, 6) is 0.0966. The van der Waals surface area contributed by atoms with Crippen molar-refractivity contribution in [2.24, 2.45) is 0 Å². The smallest absolute Gasteiger partial charge is 0.410 e. The predicted octanol–water partition coefficient (Wildman–Crippen LogP) is 2.58. The van der Waals surface area contributed by atoms with Crippen LogP contribution in [0.3, 0.4) is 0 Å². The molecule has 1 aromatic heterocycles. The summed E-state index contributed by atoms with van der Waals surface area (Å²) in [6, 6.07) is 7.57. The lowest BCUT2D eigenvalue weighted by molar-refractivity contribution is 0.0218. The normalized spacial score (nSPS) is 16.7. The summed E-state index contributed by atoms with van der Waals surface area (Å²) in [5, 5.41) is 0. The first kappa shape index (κ1) is 21.0. The topological polar surface area (TPSA) is 84.5 Å². The lowest BCUT2D eigenvalue weighted by Crippen LogP contribution is -2.36. The van der Waals surface area contributed by atoms with Gasteiger partial charge in [0.25, 0.3) is 0 Å². The number of nitrogens with zero attached hydrogens (tertiary/aromatic N) is 2. The first-order valence-electron chi connectivity index (χ1n) is 10.0. The van der Waals surface area contributed by atoms with Gasteiger partial charge in [-0.2, -0.15) is 0 Å². The average Bonchev–Trinajstić information content (AvgIpc) is 3.28. The molecule has 2 aromatic rings. The first-order valence-corrected chi connectivity index (χ1v) is 10.0. The quantitative estimate of drug-likeness (QED) is 0.633. The van der Waals surface area contributed by atoms with Gasteiger partial charge in [-0.1, -0.05) is 29.7 Å². The summed E-state index contributed by atoms with van der Waals surface area (Å²) < 4.78 is 10.8. The number of carbonyl (C=O) groups excluding carboxylic acids is 2. The zero-order valence-electron chi connectivity index (χ0n) is 17.7. The van der Waals surface area contributed by atoms with Crippen LogP contribution in [0.25, 0.3) is 11.3 Å². The van der Waals surface area contributed by atoms with Gasteiger partial charge in [0.05, 0.1) is 18.3 Å². The van der Waals surface area contributed by atoms with E-state index < -0.39 is 11.6 Å². The number of carbonyl (C=O) groups is 2. The molecule has 0 saturated carbocycles. The van der Waals surface area contributed by atoms with Crippen molar-refractivity contribution >= 4 is 25.4 Å². The fourth-order valence-corrected chi connectivity index (χ4v) is 3.42. The molecule has 1 aliphatic heterocycles. The zero-order chi connectivity index (χ0) is 21.2. The van der Waals surface area contributed by atoms with E-state index in [0.29, 0.717) is 18.1 Å². The Morgan fingerprint density at radius 2 is 1.97 bits per heavy atom. The van der Waals surface area contributed by atoms with Crippen LogP contribution in [-0.2, 0) is 9.47 Å². The third kappa shape index (κ3) is 4.81. The predicted molar refractivity (Wildman–Crippen MR) is 113 cm³/mol. The number of rotatable bonds is 4. The lowest BCUT2D eigenvalue weighted by atomic mass is 9.94. The fraction of sp³-hybridized carbons (Fsp3) is 0.476. The van der Waals surface area contributed by atoms with Crippen LogP contribution in [0, 0.1) is 0 Å². The van der Waals surface area contributed by atoms with Crippen LogP contribution in [0.4, 0.5) is 4.79 Å². The molecule has 1 amide bonds. The molecule has 0 bridgehead atoms. The van der Waals surface area contributed by atoms with Crippen molar-refractivity contribution in [3.63, 3.8) is 0 Å². The molecule has 1 aliphatic rings. The number of aromatic amines is 1. The number of nitrogens with one attached hydrogen (secondary N) is 1. The van der Waals surface area contributed by atoms with Gasteiger partial charge >= 0.3 is 12.1 Å². The molecule has 8 heteroatoms. The Balaban J connectivity index is 1.96. The molecule has 1 atom stereocenters. The number of hydrogen-bond donors (Lipinski definition) is 1. The third-order valence-corrected chi connectivity index (χ3v) is 4.73. The maximum Gasteiger partial charge on any atom is 0.410 e. The van der Waals surface area contributed by atoms with Crippen molar-refractivity contribution in [3.8, 4) is 11.3 Å². The third-order valence-electron chi connectivity index (χ3n) is 4.73. The summed E-state index contributed by atoms with van der Waals surface area (Å²) in [7, 11) is 2.01. The van der Waals surface area contributed by atoms with Crippen molar-refractivity contribution in [3.05, 3.63) is 35.8 Å². The van der Waals surface area contributed by atoms with Gasteiger partial charge < -0.3 is 14.5 Å². The second-order valence-electron chi connectivity index (χ2n) is 8.26. The fourth-order valence-electron chi connectivity index (χ4n) is 3.42. The van der Waals surface area contributed by atoms with Crippen LogP contribution >= 0.6 is 0 Å². The number of esters is 1. The minimum atomic E-state index is -0.573. The van der Waals surface area contributed by atoms with Crippen LogP contribution in [0.15, 0.2) is 24.3 Å². The first-order chi connectivity index (χ1) is 13.7. The molecule has 1 saturated heterocycles. The Morgan fingerprint density at radius 3 is 2.59 bits per heavy atom. The van der Waals surface area contributed by atoms with Crippen LogP contribution in [0.5, 0.6) is 0 Å². The van der Waals surface area contributed by atoms with E-state index in [-0.39, 0.29) is 24.4 Å². The molecule has 154 valence electrons. The van der Waals surface area contributed by atoms with Gasteiger partial charge in [-0.3, -0.25) is 4.90 Å². The van der Waals surface area contributed by atoms with E-state index in [4.69, 9.17) is 9.47 Å². The Morgan fingerprint density at radius 1 is 1.28 bits per heavy atom. The number of likely N-dealkylation sites (tertiary alicyclic amines) is 1. The number of aromatic nitrogens is 2. The molecule has 0 unspecified atom stereocenters. The van der Waals surface area contributed by atoms with E-state index >= 15 is 0 Å². The van der Waals surface area contributed by atoms with Gasteiger partial charge in [0.2, 0.25) is 0 Å². The summed E-state index contributed by atoms with van der Waals surface area (Å²) in [6.07, 6.45) is 1.23. The van der Waals surface area contributed by atoms with Gasteiger partial charge in [0.1, 0.15) is 19.3 Å². The number of benzene rings is 1. The second kappa shape index (κ2) is 8.31. The van der Waals surface area contributed by atoms with E-state index in [1.807, 2.05) is 52.9 Å². The Hall–Kier alpha value is -2.77. The number of hydrogen-bond acceptors (Lipinski definition) is 5. The summed E-state index contributed by atoms with van der Waals surface area (Å²) in [4.78, 5) is 34.7. The molecule has 1 fully saturated rings. The van der Waals surface area contributed by atoms with E-state index in [0.717, 1.165) is 23.9 Å². The molecule has 0 aliphatic carbocycles. The number of imidazole rings is 1. The molecule has 29 heavy (non-hydrogen) atoms. The van der Waals surface area contributed by atoms with Crippen molar-refractivity contribution < 1.29 is 19.1 Å². The summed E-state index contributed by atoms with van der Waals surface area (Å²) in [5.41, 5.74) is 2.24. The maximum absolute atomic E-state index is 12.7. The highest BCUT2D eigenvalue weighted by Gasteiger charge is 2.36. The standard InChI is InChI=1S/C21H28BN3O4/c1-5-28-19(26)17-16(13-8-10-14(22)11-9-13)23-18(24-17)15-7-6-12-25(15)20(27)29-21(2,3)4/h8-11,15H,5-7,12,22H2,1-4H3,(H,23,24)/t15-/m0/s1. The van der Waals surface area contributed by atoms with Gasteiger partial charge in [-0.25, -0.2) is 14.6 Å². The van der Waals surface area contributed by atoms with Gasteiger partial charge in [-0.05, 0) is 40.5 Å². The molecule has 1 N–H and O–H groups in total. The molecular formula is C21H28BN3O4. The van der Waals surface area contributed by atoms with E-state index in [1.165, 1.54) is 0 Å². The molecule has 2 heterocycles. The van der Waals surface area contributed by atoms with E-state index in [2.05, 4.69) is 9.97 Å². The largest absolute Gasteiger partial charge is 0.461 e. The average molecular weight is 397 g/mol. The minimum Gasteiger partial charge on any atom is -0.461 e. The van der Waals surface area contributed by atoms with Crippen molar-refractivity contribution in [1.29, 1.82) is 0 Å². The lowest BCUT2D eigenvalue weighted by Gasteiger charge is -2.27. The Bertz CT molecular complexity index is 886. The van der Waals surface area contributed by atoms with Crippen molar-refractivity contribution in [2.45, 2.75) is 52.2 Å². The van der Waals surface area contributed by atoms with E-state index in [1.54, 1.807) is 11.8 Å². The van der Waals surface area contributed by atoms with Crippen molar-refractivity contribution in [1.82, 2.24) is 14.9 Å².